The van der Waals surface area contributed by atoms with Crippen LogP contribution >= 0.6 is 0 Å². The highest BCUT2D eigenvalue weighted by molar-refractivity contribution is 7.92. The van der Waals surface area contributed by atoms with Crippen LogP contribution in [0, 0.1) is 12.7 Å². The maximum atomic E-state index is 14.4. The molecule has 44 heavy (non-hydrogen) atoms. The zero-order chi connectivity index (χ0) is 31.9. The minimum atomic E-state index is -4.25. The van der Waals surface area contributed by atoms with E-state index in [-0.39, 0.29) is 29.5 Å². The number of hydrogen-bond acceptors (Lipinski definition) is 4. The summed E-state index contributed by atoms with van der Waals surface area (Å²) in [6.45, 7) is 6.98. The molecule has 0 heterocycles. The molecule has 2 amide bonds. The van der Waals surface area contributed by atoms with Crippen LogP contribution in [0.25, 0.3) is 0 Å². The normalized spacial score (nSPS) is 12.3. The maximum Gasteiger partial charge on any atom is 0.264 e. The molecule has 230 valence electrons. The average molecular weight is 616 g/mol. The summed E-state index contributed by atoms with van der Waals surface area (Å²) in [4.78, 5) is 29.8. The summed E-state index contributed by atoms with van der Waals surface area (Å²) in [5, 5.41) is 3.01. The van der Waals surface area contributed by atoms with Crippen molar-refractivity contribution in [3.05, 3.63) is 132 Å². The molecule has 1 atom stereocenters. The van der Waals surface area contributed by atoms with E-state index in [4.69, 9.17) is 0 Å². The molecule has 0 spiro atoms. The molecular weight excluding hydrogens is 577 g/mol. The van der Waals surface area contributed by atoms with Crippen molar-refractivity contribution < 1.29 is 22.4 Å². The number of hydrogen-bond donors (Lipinski definition) is 1. The Bertz CT molecular complexity index is 1670. The van der Waals surface area contributed by atoms with Crippen LogP contribution < -0.4 is 9.62 Å². The topological polar surface area (TPSA) is 86.8 Å². The van der Waals surface area contributed by atoms with Crippen LogP contribution in [0.5, 0.6) is 0 Å². The average Bonchev–Trinajstić information content (AvgIpc) is 2.98. The lowest BCUT2D eigenvalue weighted by atomic mass is 10.0. The maximum absolute atomic E-state index is 14.4. The summed E-state index contributed by atoms with van der Waals surface area (Å²) in [6, 6.07) is 28.7. The Morgan fingerprint density at radius 3 is 2.00 bits per heavy atom. The van der Waals surface area contributed by atoms with Crippen LogP contribution in [-0.4, -0.2) is 43.3 Å². The number of benzene rings is 4. The zero-order valence-corrected chi connectivity index (χ0v) is 26.2. The Hall–Kier alpha value is -4.50. The van der Waals surface area contributed by atoms with Crippen molar-refractivity contribution in [3.63, 3.8) is 0 Å². The Morgan fingerprint density at radius 1 is 0.818 bits per heavy atom. The number of carbonyl (C=O) groups is 2. The van der Waals surface area contributed by atoms with E-state index in [1.807, 2.05) is 82.3 Å². The van der Waals surface area contributed by atoms with Crippen molar-refractivity contribution in [3.8, 4) is 0 Å². The quantitative estimate of drug-likeness (QED) is 0.228. The molecule has 0 aliphatic heterocycles. The van der Waals surface area contributed by atoms with Gasteiger partial charge in [-0.05, 0) is 75.2 Å². The highest BCUT2D eigenvalue weighted by Gasteiger charge is 2.35. The lowest BCUT2D eigenvalue weighted by Crippen LogP contribution is -2.56. The Morgan fingerprint density at radius 2 is 1.41 bits per heavy atom. The Labute approximate surface area is 259 Å². The van der Waals surface area contributed by atoms with E-state index < -0.39 is 39.9 Å². The first-order valence-electron chi connectivity index (χ1n) is 14.4. The molecule has 0 fully saturated rings. The summed E-state index contributed by atoms with van der Waals surface area (Å²) in [7, 11) is -4.25. The first-order valence-corrected chi connectivity index (χ1v) is 15.8. The highest BCUT2D eigenvalue weighted by Crippen LogP contribution is 2.25. The summed E-state index contributed by atoms with van der Waals surface area (Å²) < 4.78 is 42.7. The fourth-order valence-corrected chi connectivity index (χ4v) is 6.31. The number of nitrogens with zero attached hydrogens (tertiary/aromatic N) is 2. The molecule has 0 aliphatic carbocycles. The highest BCUT2D eigenvalue weighted by atomic mass is 32.2. The smallest absolute Gasteiger partial charge is 0.264 e. The van der Waals surface area contributed by atoms with Crippen molar-refractivity contribution in [1.29, 1.82) is 0 Å². The van der Waals surface area contributed by atoms with E-state index in [1.54, 1.807) is 18.2 Å². The van der Waals surface area contributed by atoms with Gasteiger partial charge < -0.3 is 10.2 Å². The van der Waals surface area contributed by atoms with Gasteiger partial charge in [0.05, 0.1) is 10.6 Å². The minimum absolute atomic E-state index is 0.0197. The second-order valence-corrected chi connectivity index (χ2v) is 13.6. The van der Waals surface area contributed by atoms with E-state index >= 15 is 0 Å². The molecule has 0 aromatic heterocycles. The zero-order valence-electron chi connectivity index (χ0n) is 25.4. The van der Waals surface area contributed by atoms with Gasteiger partial charge in [0.25, 0.3) is 10.0 Å². The first-order chi connectivity index (χ1) is 20.8. The molecule has 9 heteroatoms. The molecule has 1 N–H and O–H groups in total. The van der Waals surface area contributed by atoms with E-state index in [1.165, 1.54) is 29.2 Å². The van der Waals surface area contributed by atoms with E-state index in [9.17, 15) is 22.4 Å². The van der Waals surface area contributed by atoms with Gasteiger partial charge in [0.2, 0.25) is 11.8 Å². The number of carbonyl (C=O) groups excluding carboxylic acids is 2. The third-order valence-corrected chi connectivity index (χ3v) is 8.72. The summed E-state index contributed by atoms with van der Waals surface area (Å²) in [6.07, 6.45) is 0.211. The largest absolute Gasteiger partial charge is 0.350 e. The molecule has 0 aliphatic rings. The second-order valence-electron chi connectivity index (χ2n) is 11.8. The fourth-order valence-electron chi connectivity index (χ4n) is 4.87. The van der Waals surface area contributed by atoms with Crippen molar-refractivity contribution in [2.24, 2.45) is 0 Å². The molecular formula is C35H38FN3O4S. The monoisotopic (exact) mass is 615 g/mol. The van der Waals surface area contributed by atoms with E-state index in [0.29, 0.717) is 0 Å². The molecule has 0 bridgehead atoms. The van der Waals surface area contributed by atoms with Crippen molar-refractivity contribution in [2.75, 3.05) is 10.8 Å². The van der Waals surface area contributed by atoms with Crippen LogP contribution in [0.3, 0.4) is 0 Å². The standard InChI is InChI=1S/C35H38FN3O4S/c1-26-12-11-15-28(22-26)24-38(32(34(41)37-35(2,3)4)23-27-13-7-5-8-14-27)33(40)25-39(30-20-18-29(36)19-21-30)44(42,43)31-16-9-6-10-17-31/h5-22,32H,23-25H2,1-4H3,(H,37,41). The van der Waals surface area contributed by atoms with E-state index in [2.05, 4.69) is 5.32 Å². The minimum Gasteiger partial charge on any atom is -0.350 e. The van der Waals surface area contributed by atoms with Crippen molar-refractivity contribution in [2.45, 2.75) is 57.1 Å². The molecule has 7 nitrogen and oxygen atoms in total. The van der Waals surface area contributed by atoms with Crippen LogP contribution in [-0.2, 0) is 32.6 Å². The molecule has 4 aromatic carbocycles. The summed E-state index contributed by atoms with van der Waals surface area (Å²) in [5.41, 5.74) is 2.15. The number of sulfonamides is 1. The summed E-state index contributed by atoms with van der Waals surface area (Å²) >= 11 is 0. The lowest BCUT2D eigenvalue weighted by Gasteiger charge is -2.35. The van der Waals surface area contributed by atoms with Crippen molar-refractivity contribution in [1.82, 2.24) is 10.2 Å². The number of anilines is 1. The summed E-state index contributed by atoms with van der Waals surface area (Å²) in [5.74, 6) is -1.48. The van der Waals surface area contributed by atoms with Gasteiger partial charge >= 0.3 is 0 Å². The van der Waals surface area contributed by atoms with Gasteiger partial charge in [-0.25, -0.2) is 12.8 Å². The van der Waals surface area contributed by atoms with Gasteiger partial charge in [-0.2, -0.15) is 0 Å². The molecule has 0 radical (unpaired) electrons. The van der Waals surface area contributed by atoms with E-state index in [0.717, 1.165) is 33.1 Å². The van der Waals surface area contributed by atoms with Gasteiger partial charge in [0, 0.05) is 18.5 Å². The number of halogens is 1. The predicted molar refractivity (Wildman–Crippen MR) is 171 cm³/mol. The van der Waals surface area contributed by atoms with Crippen LogP contribution in [0.4, 0.5) is 10.1 Å². The van der Waals surface area contributed by atoms with Gasteiger partial charge in [-0.15, -0.1) is 0 Å². The number of amides is 2. The number of aryl methyl sites for hydroxylation is 1. The second kappa shape index (κ2) is 13.9. The fraction of sp³-hybridized carbons (Fsp3) is 0.257. The predicted octanol–water partition coefficient (Wildman–Crippen LogP) is 5.88. The van der Waals surface area contributed by atoms with Gasteiger partial charge in [0.1, 0.15) is 18.4 Å². The number of rotatable bonds is 11. The molecule has 4 rings (SSSR count). The van der Waals surface area contributed by atoms with Crippen molar-refractivity contribution >= 4 is 27.5 Å². The molecule has 4 aromatic rings. The number of nitrogens with one attached hydrogen (secondary N) is 1. The van der Waals surface area contributed by atoms with Gasteiger partial charge in [0.15, 0.2) is 0 Å². The third kappa shape index (κ3) is 8.54. The molecule has 0 saturated heterocycles. The first kappa shape index (κ1) is 32.4. The van der Waals surface area contributed by atoms with Gasteiger partial charge in [-0.3, -0.25) is 13.9 Å². The van der Waals surface area contributed by atoms with Crippen LogP contribution in [0.2, 0.25) is 0 Å². The van der Waals surface area contributed by atoms with Crippen LogP contribution in [0.15, 0.2) is 114 Å². The lowest BCUT2D eigenvalue weighted by molar-refractivity contribution is -0.140. The Balaban J connectivity index is 1.81. The third-order valence-electron chi connectivity index (χ3n) is 6.93. The SMILES string of the molecule is Cc1cccc(CN(C(=O)CN(c2ccc(F)cc2)S(=O)(=O)c2ccccc2)C(Cc2ccccc2)C(=O)NC(C)(C)C)c1. The van der Waals surface area contributed by atoms with Gasteiger partial charge in [-0.1, -0.05) is 78.4 Å². The van der Waals surface area contributed by atoms with Crippen LogP contribution in [0.1, 0.15) is 37.5 Å². The molecule has 0 saturated carbocycles. The Kier molecular flexibility index (Phi) is 10.2. The molecule has 1 unspecified atom stereocenters.